The number of imidazole rings is 1. The first-order valence-corrected chi connectivity index (χ1v) is 19.8. The minimum atomic E-state index is 0.620. The van der Waals surface area contributed by atoms with Gasteiger partial charge in [-0.2, -0.15) is 0 Å². The van der Waals surface area contributed by atoms with E-state index in [2.05, 4.69) is 49.6 Å². The van der Waals surface area contributed by atoms with Gasteiger partial charge in [-0.3, -0.25) is 0 Å². The number of aromatic amines is 1. The molecule has 1 rings (SSSR count). The number of hydrogen-bond acceptors (Lipinski definition) is 0. The lowest BCUT2D eigenvalue weighted by molar-refractivity contribution is -0.727. The minimum Gasteiger partial charge on any atom is -0.247 e. The number of rotatable bonds is 33. The predicted molar refractivity (Wildman–Crippen MR) is 189 cm³/mol. The Morgan fingerprint density at radius 2 is 0.762 bits per heavy atom. The standard InChI is InChI=1S/C40H78N2/c1-5-8-11-14-16-18-20-22-24-26-28-31-34-39(35-32-29-27-25-23-21-19-17-15-12-9-6-2)40-41-36-37-42(40)38(4)33-30-13-10-7-3/h36-39H,5-35H2,1-4H3/p+1. The van der Waals surface area contributed by atoms with Gasteiger partial charge in [0.2, 0.25) is 0 Å². The smallest absolute Gasteiger partial charge is 0.247 e. The summed E-state index contributed by atoms with van der Waals surface area (Å²) < 4.78 is 2.62. The van der Waals surface area contributed by atoms with E-state index in [-0.39, 0.29) is 0 Å². The summed E-state index contributed by atoms with van der Waals surface area (Å²) in [7, 11) is 0. The first-order valence-electron chi connectivity index (χ1n) is 19.8. The van der Waals surface area contributed by atoms with E-state index in [1.807, 2.05) is 0 Å². The topological polar surface area (TPSA) is 19.7 Å². The average molecular weight is 588 g/mol. The van der Waals surface area contributed by atoms with Crippen molar-refractivity contribution in [3.8, 4) is 0 Å². The number of nitrogens with one attached hydrogen (secondary N) is 1. The largest absolute Gasteiger partial charge is 0.257 e. The summed E-state index contributed by atoms with van der Waals surface area (Å²) in [5.74, 6) is 2.24. The van der Waals surface area contributed by atoms with Crippen LogP contribution in [-0.2, 0) is 0 Å². The van der Waals surface area contributed by atoms with E-state index in [0.717, 1.165) is 0 Å². The van der Waals surface area contributed by atoms with Crippen molar-refractivity contribution in [1.29, 1.82) is 0 Å². The van der Waals surface area contributed by atoms with Crippen LogP contribution in [0.4, 0.5) is 0 Å². The van der Waals surface area contributed by atoms with Crippen LogP contribution in [0.1, 0.15) is 245 Å². The van der Waals surface area contributed by atoms with Gasteiger partial charge in [-0.15, -0.1) is 0 Å². The van der Waals surface area contributed by atoms with E-state index in [9.17, 15) is 0 Å². The summed E-state index contributed by atoms with van der Waals surface area (Å²) in [6.07, 6.45) is 48.7. The molecule has 0 aliphatic heterocycles. The van der Waals surface area contributed by atoms with Crippen molar-refractivity contribution >= 4 is 0 Å². The fraction of sp³-hybridized carbons (Fsp3) is 0.925. The summed E-state index contributed by atoms with van der Waals surface area (Å²) in [5.41, 5.74) is 0. The Hall–Kier alpha value is -0.790. The molecule has 1 atom stereocenters. The highest BCUT2D eigenvalue weighted by Crippen LogP contribution is 2.27. The monoisotopic (exact) mass is 588 g/mol. The quantitative estimate of drug-likeness (QED) is 0.0623. The van der Waals surface area contributed by atoms with Gasteiger partial charge in [0, 0.05) is 0 Å². The first kappa shape index (κ1) is 39.2. The Morgan fingerprint density at radius 1 is 0.452 bits per heavy atom. The van der Waals surface area contributed by atoms with E-state index in [1.165, 1.54) is 205 Å². The fourth-order valence-corrected chi connectivity index (χ4v) is 6.96. The van der Waals surface area contributed by atoms with E-state index in [0.29, 0.717) is 12.0 Å². The molecule has 0 saturated heterocycles. The highest BCUT2D eigenvalue weighted by molar-refractivity contribution is 4.90. The number of hydrogen-bond donors (Lipinski definition) is 1. The molecule has 0 radical (unpaired) electrons. The van der Waals surface area contributed by atoms with Crippen molar-refractivity contribution in [2.24, 2.45) is 0 Å². The van der Waals surface area contributed by atoms with Crippen molar-refractivity contribution in [3.05, 3.63) is 18.2 Å². The average Bonchev–Trinajstić information content (AvgIpc) is 3.49. The number of unbranched alkanes of at least 4 members (excludes halogenated alkanes) is 25. The third-order valence-corrected chi connectivity index (χ3v) is 9.89. The normalized spacial score (nSPS) is 12.5. The Kier molecular flexibility index (Phi) is 28.3. The van der Waals surface area contributed by atoms with Crippen LogP contribution in [0.25, 0.3) is 0 Å². The Balaban J connectivity index is 2.37. The van der Waals surface area contributed by atoms with Crippen molar-refractivity contribution in [1.82, 2.24) is 4.98 Å². The van der Waals surface area contributed by atoms with Crippen LogP contribution < -0.4 is 4.57 Å². The molecule has 1 aromatic rings. The molecule has 1 unspecified atom stereocenters. The second kappa shape index (κ2) is 30.2. The van der Waals surface area contributed by atoms with E-state index in [4.69, 9.17) is 0 Å². The van der Waals surface area contributed by atoms with Crippen LogP contribution >= 0.6 is 0 Å². The van der Waals surface area contributed by atoms with Crippen LogP contribution in [-0.4, -0.2) is 4.98 Å². The van der Waals surface area contributed by atoms with Crippen LogP contribution in [0, 0.1) is 0 Å². The van der Waals surface area contributed by atoms with Crippen molar-refractivity contribution < 1.29 is 4.57 Å². The zero-order valence-corrected chi connectivity index (χ0v) is 29.7. The van der Waals surface area contributed by atoms with Crippen LogP contribution in [0.2, 0.25) is 0 Å². The molecular formula is C40H79N2+. The van der Waals surface area contributed by atoms with Gasteiger partial charge in [0.25, 0.3) is 5.82 Å². The molecule has 248 valence electrons. The van der Waals surface area contributed by atoms with Gasteiger partial charge in [-0.05, 0) is 32.6 Å². The zero-order valence-electron chi connectivity index (χ0n) is 29.7. The van der Waals surface area contributed by atoms with Gasteiger partial charge >= 0.3 is 0 Å². The van der Waals surface area contributed by atoms with Gasteiger partial charge in [-0.25, -0.2) is 9.55 Å². The molecule has 0 fully saturated rings. The molecule has 0 saturated carbocycles. The lowest BCUT2D eigenvalue weighted by Crippen LogP contribution is -2.41. The molecule has 0 spiro atoms. The molecule has 0 aliphatic carbocycles. The van der Waals surface area contributed by atoms with E-state index in [1.54, 1.807) is 0 Å². The Bertz CT molecular complexity index is 622. The first-order chi connectivity index (χ1) is 20.7. The van der Waals surface area contributed by atoms with Gasteiger partial charge in [0.1, 0.15) is 12.4 Å². The van der Waals surface area contributed by atoms with Gasteiger partial charge < -0.3 is 0 Å². The van der Waals surface area contributed by atoms with Crippen molar-refractivity contribution in [2.75, 3.05) is 0 Å². The van der Waals surface area contributed by atoms with E-state index >= 15 is 0 Å². The van der Waals surface area contributed by atoms with Crippen LogP contribution in [0.3, 0.4) is 0 Å². The van der Waals surface area contributed by atoms with Crippen LogP contribution in [0.5, 0.6) is 0 Å². The second-order valence-electron chi connectivity index (χ2n) is 14.0. The maximum atomic E-state index is 3.74. The number of aromatic nitrogens is 2. The molecule has 0 aliphatic rings. The molecule has 0 amide bonds. The highest BCUT2D eigenvalue weighted by Gasteiger charge is 2.25. The summed E-state index contributed by atoms with van der Waals surface area (Å²) in [6, 6.07) is 0.620. The third kappa shape index (κ3) is 21.8. The fourth-order valence-electron chi connectivity index (χ4n) is 6.96. The number of nitrogens with zero attached hydrogens (tertiary/aromatic N) is 1. The summed E-state index contributed by atoms with van der Waals surface area (Å²) in [4.78, 5) is 3.74. The lowest BCUT2D eigenvalue weighted by Gasteiger charge is -2.17. The van der Waals surface area contributed by atoms with Gasteiger partial charge in [0.05, 0.1) is 12.0 Å². The molecule has 2 nitrogen and oxygen atoms in total. The summed E-state index contributed by atoms with van der Waals surface area (Å²) >= 11 is 0. The van der Waals surface area contributed by atoms with Crippen molar-refractivity contribution in [3.63, 3.8) is 0 Å². The molecule has 0 bridgehead atoms. The second-order valence-corrected chi connectivity index (χ2v) is 14.0. The van der Waals surface area contributed by atoms with Gasteiger partial charge in [-0.1, -0.05) is 194 Å². The molecule has 2 heteroatoms. The molecular weight excluding hydrogens is 508 g/mol. The van der Waals surface area contributed by atoms with Crippen LogP contribution in [0.15, 0.2) is 12.4 Å². The molecule has 0 aromatic carbocycles. The highest BCUT2D eigenvalue weighted by atomic mass is 15.1. The van der Waals surface area contributed by atoms with E-state index < -0.39 is 0 Å². The molecule has 1 N–H and O–H groups in total. The molecule has 42 heavy (non-hydrogen) atoms. The SMILES string of the molecule is CCCCCCCCCCCCCCC(CCCCCCCCCCCCCC)c1[nH]cc[n+]1C(C)CCCCCC. The zero-order chi connectivity index (χ0) is 30.4. The Labute approximate surface area is 266 Å². The predicted octanol–water partition coefficient (Wildman–Crippen LogP) is 14.1. The van der Waals surface area contributed by atoms with Gasteiger partial charge in [0.15, 0.2) is 0 Å². The molecule has 1 heterocycles. The lowest BCUT2D eigenvalue weighted by atomic mass is 9.92. The summed E-state index contributed by atoms with van der Waals surface area (Å²) in [6.45, 7) is 9.40. The maximum Gasteiger partial charge on any atom is 0.257 e. The summed E-state index contributed by atoms with van der Waals surface area (Å²) in [5, 5.41) is 0. The molecule has 1 aromatic heterocycles. The minimum absolute atomic E-state index is 0.620. The maximum absolute atomic E-state index is 3.74. The Morgan fingerprint density at radius 3 is 1.14 bits per heavy atom. The number of H-pyrrole nitrogens is 1. The third-order valence-electron chi connectivity index (χ3n) is 9.89. The van der Waals surface area contributed by atoms with Crippen molar-refractivity contribution in [2.45, 2.75) is 239 Å².